The molecule has 0 unspecified atom stereocenters. The molecule has 7 nitrogen and oxygen atoms in total. The van der Waals surface area contributed by atoms with Gasteiger partial charge in [-0.1, -0.05) is 28.2 Å². The molecule has 2 N–H and O–H groups in total. The summed E-state index contributed by atoms with van der Waals surface area (Å²) in [6, 6.07) is 5.09. The number of carbonyl (C=O) groups is 2. The number of hydrogen-bond acceptors (Lipinski definition) is 5. The Balaban J connectivity index is 2.18. The number of aliphatic hydroxyl groups excluding tert-OH is 1. The molecule has 0 aliphatic carbocycles. The van der Waals surface area contributed by atoms with Crippen LogP contribution in [0.4, 0.5) is 9.28 Å². The highest BCUT2D eigenvalue weighted by atomic mass is 35.5. The van der Waals surface area contributed by atoms with Gasteiger partial charge in [-0.25, -0.2) is 4.79 Å². The van der Waals surface area contributed by atoms with Gasteiger partial charge in [0.15, 0.2) is 0 Å². The third-order valence-corrected chi connectivity index (χ3v) is 4.31. The predicted octanol–water partition coefficient (Wildman–Crippen LogP) is 2.29. The van der Waals surface area contributed by atoms with E-state index in [1.165, 1.54) is 6.07 Å². The Bertz CT molecular complexity index is 711. The van der Waals surface area contributed by atoms with E-state index in [9.17, 15) is 24.3 Å². The topological polar surface area (TPSA) is 90.3 Å². The average Bonchev–Trinajstić information content (AvgIpc) is 2.91. The summed E-state index contributed by atoms with van der Waals surface area (Å²) in [5, 5.41) is 20.1. The number of nitrogens with zero attached hydrogens (tertiary/aromatic N) is 2. The molecule has 0 saturated carbocycles. The van der Waals surface area contributed by atoms with Crippen LogP contribution in [-0.2, 0) is 16.1 Å². The lowest BCUT2D eigenvalue weighted by Crippen LogP contribution is -2.47. The van der Waals surface area contributed by atoms with E-state index >= 15 is 0 Å². The number of ether oxygens (including phenoxy) is 1. The first-order valence-corrected chi connectivity index (χ1v) is 8.86. The zero-order valence-electron chi connectivity index (χ0n) is 15.5. The van der Waals surface area contributed by atoms with Crippen LogP contribution in [0.3, 0.4) is 0 Å². The number of aliphatic hydroxyl groups is 2. The lowest BCUT2D eigenvalue weighted by molar-refractivity contribution is -0.153. The van der Waals surface area contributed by atoms with Crippen molar-refractivity contribution in [2.75, 3.05) is 13.2 Å². The molecule has 0 spiro atoms. The molecule has 1 saturated heterocycles. The molecule has 1 aromatic carbocycles. The molecular weight excluding hydrogens is 379 g/mol. The number of carbonyl (C=O) groups excluding carboxylic acids is 2. The van der Waals surface area contributed by atoms with Gasteiger partial charge in [0.1, 0.15) is 17.2 Å². The number of amides is 2. The largest absolute Gasteiger partial charge is 0.444 e. The van der Waals surface area contributed by atoms with Crippen LogP contribution < -0.4 is 0 Å². The molecule has 9 heteroatoms. The number of hydrogen-bond donors (Lipinski definition) is 2. The smallest absolute Gasteiger partial charge is 0.411 e. The van der Waals surface area contributed by atoms with Crippen LogP contribution >= 0.6 is 11.6 Å². The van der Waals surface area contributed by atoms with E-state index in [-0.39, 0.29) is 24.6 Å². The van der Waals surface area contributed by atoms with E-state index < -0.39 is 35.9 Å². The molecule has 1 aromatic rings. The fourth-order valence-corrected chi connectivity index (χ4v) is 3.06. The highest BCUT2D eigenvalue weighted by molar-refractivity contribution is 6.30. The van der Waals surface area contributed by atoms with Crippen molar-refractivity contribution in [2.24, 2.45) is 0 Å². The SMILES string of the molecule is CC(C)(C)OC(=O)N1C[C@@](O)(CO)C[C@H]1C(=O)N(F)Cc1cccc(Cl)c1. The van der Waals surface area contributed by atoms with E-state index in [4.69, 9.17) is 16.3 Å². The van der Waals surface area contributed by atoms with E-state index in [0.717, 1.165) is 4.90 Å². The number of likely N-dealkylation sites (tertiary alicyclic amines) is 1. The van der Waals surface area contributed by atoms with Gasteiger partial charge in [0.25, 0.3) is 5.91 Å². The molecule has 2 amide bonds. The van der Waals surface area contributed by atoms with E-state index in [1.807, 2.05) is 0 Å². The van der Waals surface area contributed by atoms with Gasteiger partial charge >= 0.3 is 6.09 Å². The third kappa shape index (κ3) is 5.54. The Hall–Kier alpha value is -1.90. The summed E-state index contributed by atoms with van der Waals surface area (Å²) in [6.07, 6.45) is -1.15. The van der Waals surface area contributed by atoms with Gasteiger partial charge < -0.3 is 14.9 Å². The zero-order chi connectivity index (χ0) is 20.4. The quantitative estimate of drug-likeness (QED) is 0.754. The fraction of sp³-hybridized carbons (Fsp3) is 0.556. The second-order valence-corrected chi connectivity index (χ2v) is 8.14. The summed E-state index contributed by atoms with van der Waals surface area (Å²) in [5.74, 6) is -1.01. The molecule has 27 heavy (non-hydrogen) atoms. The molecule has 0 aromatic heterocycles. The van der Waals surface area contributed by atoms with Crippen molar-refractivity contribution in [1.82, 2.24) is 10.0 Å². The number of rotatable bonds is 4. The molecule has 2 atom stereocenters. The van der Waals surface area contributed by atoms with Crippen LogP contribution in [0.25, 0.3) is 0 Å². The first-order chi connectivity index (χ1) is 12.4. The van der Waals surface area contributed by atoms with Crippen LogP contribution in [0.15, 0.2) is 24.3 Å². The summed E-state index contributed by atoms with van der Waals surface area (Å²) in [6.45, 7) is 3.58. The maximum atomic E-state index is 14.5. The summed E-state index contributed by atoms with van der Waals surface area (Å²) in [7, 11) is 0. The van der Waals surface area contributed by atoms with Crippen molar-refractivity contribution in [3.63, 3.8) is 0 Å². The molecule has 150 valence electrons. The molecule has 1 aliphatic heterocycles. The van der Waals surface area contributed by atoms with Crippen molar-refractivity contribution in [1.29, 1.82) is 0 Å². The monoisotopic (exact) mass is 402 g/mol. The molecule has 1 fully saturated rings. The highest BCUT2D eigenvalue weighted by Crippen LogP contribution is 2.30. The Morgan fingerprint density at radius 2 is 2.11 bits per heavy atom. The van der Waals surface area contributed by atoms with Crippen molar-refractivity contribution >= 4 is 23.6 Å². The fourth-order valence-electron chi connectivity index (χ4n) is 2.84. The minimum atomic E-state index is -1.70. The Kier molecular flexibility index (Phi) is 6.34. The molecule has 1 heterocycles. The predicted molar refractivity (Wildman–Crippen MR) is 96.5 cm³/mol. The van der Waals surface area contributed by atoms with Gasteiger partial charge in [0.05, 0.1) is 19.7 Å². The lowest BCUT2D eigenvalue weighted by Gasteiger charge is -2.28. The van der Waals surface area contributed by atoms with E-state index in [0.29, 0.717) is 10.6 Å². The van der Waals surface area contributed by atoms with Crippen molar-refractivity contribution in [3.05, 3.63) is 34.9 Å². The Labute approximate surface area is 162 Å². The van der Waals surface area contributed by atoms with Gasteiger partial charge in [-0.15, -0.1) is 0 Å². The summed E-state index contributed by atoms with van der Waals surface area (Å²) in [4.78, 5) is 26.0. The normalized spacial score (nSPS) is 22.6. The number of β-amino-alcohol motifs (C(OH)–C–C–N with tert-alkyl or cyclic N) is 1. The minimum Gasteiger partial charge on any atom is -0.444 e. The highest BCUT2D eigenvalue weighted by Gasteiger charge is 2.50. The van der Waals surface area contributed by atoms with Crippen molar-refractivity contribution in [2.45, 2.75) is 51.0 Å². The maximum Gasteiger partial charge on any atom is 0.411 e. The average molecular weight is 403 g/mol. The standard InChI is InChI=1S/C18H24ClFN2O5/c1-17(2,3)27-16(25)21-10-18(26,11-23)8-14(21)15(24)22(20)9-12-5-4-6-13(19)7-12/h4-7,14,23,26H,8-11H2,1-3H3/t14-,18+/m0/s1. The zero-order valence-corrected chi connectivity index (χ0v) is 16.2. The Morgan fingerprint density at radius 1 is 1.44 bits per heavy atom. The van der Waals surface area contributed by atoms with E-state index in [2.05, 4.69) is 0 Å². The molecular formula is C18H24ClFN2O5. The minimum absolute atomic E-state index is 0.0309. The second kappa shape index (κ2) is 8.00. The van der Waals surface area contributed by atoms with Crippen LogP contribution in [0, 0.1) is 0 Å². The van der Waals surface area contributed by atoms with Crippen LogP contribution in [0.1, 0.15) is 32.8 Å². The van der Waals surface area contributed by atoms with Gasteiger partial charge in [-0.2, -0.15) is 5.12 Å². The molecule has 0 radical (unpaired) electrons. The summed E-state index contributed by atoms with van der Waals surface area (Å²) >= 11 is 5.86. The maximum absolute atomic E-state index is 14.5. The first-order valence-electron chi connectivity index (χ1n) is 8.48. The number of halogens is 2. The Morgan fingerprint density at radius 3 is 2.67 bits per heavy atom. The number of benzene rings is 1. The molecule has 2 rings (SSSR count). The van der Waals surface area contributed by atoms with Gasteiger partial charge in [-0.3, -0.25) is 9.69 Å². The van der Waals surface area contributed by atoms with E-state index in [1.54, 1.807) is 39.0 Å². The molecule has 1 aliphatic rings. The third-order valence-electron chi connectivity index (χ3n) is 4.07. The van der Waals surface area contributed by atoms with Gasteiger partial charge in [0.2, 0.25) is 0 Å². The summed E-state index contributed by atoms with van der Waals surface area (Å²) in [5.41, 5.74) is -2.06. The molecule has 0 bridgehead atoms. The lowest BCUT2D eigenvalue weighted by atomic mass is 10.0. The van der Waals surface area contributed by atoms with Crippen molar-refractivity contribution in [3.8, 4) is 0 Å². The van der Waals surface area contributed by atoms with Crippen molar-refractivity contribution < 1.29 is 29.0 Å². The first kappa shape index (κ1) is 21.4. The van der Waals surface area contributed by atoms with Crippen LogP contribution in [-0.4, -0.2) is 62.6 Å². The summed E-state index contributed by atoms with van der Waals surface area (Å²) < 4.78 is 19.8. The van der Waals surface area contributed by atoms with Crippen LogP contribution in [0.2, 0.25) is 5.02 Å². The van der Waals surface area contributed by atoms with Gasteiger partial charge in [0, 0.05) is 11.4 Å². The second-order valence-electron chi connectivity index (χ2n) is 7.70. The van der Waals surface area contributed by atoms with Crippen LogP contribution in [0.5, 0.6) is 0 Å². The van der Waals surface area contributed by atoms with Gasteiger partial charge in [-0.05, 0) is 38.5 Å².